The molecule has 0 aliphatic heterocycles. The van der Waals surface area contributed by atoms with Gasteiger partial charge in [0, 0.05) is 5.56 Å². The molecule has 2 aromatic rings. The van der Waals surface area contributed by atoms with Gasteiger partial charge in [0.1, 0.15) is 22.8 Å². The zero-order chi connectivity index (χ0) is 9.97. The van der Waals surface area contributed by atoms with E-state index in [1.165, 1.54) is 24.4 Å². The van der Waals surface area contributed by atoms with Gasteiger partial charge in [0.05, 0.1) is 6.20 Å². The average Bonchev–Trinajstić information content (AvgIpc) is 2.66. The van der Waals surface area contributed by atoms with E-state index in [1.54, 1.807) is 6.20 Å². The van der Waals surface area contributed by atoms with Crippen LogP contribution in [-0.4, -0.2) is 15.0 Å². The van der Waals surface area contributed by atoms with Crippen LogP contribution in [0, 0.1) is 6.92 Å². The molecule has 0 saturated carbocycles. The minimum absolute atomic E-state index is 0.453. The Kier molecular flexibility index (Phi) is 2.69. The summed E-state index contributed by atoms with van der Waals surface area (Å²) >= 11 is 7.16. The number of hydrogen-bond acceptors (Lipinski definition) is 5. The molecule has 14 heavy (non-hydrogen) atoms. The van der Waals surface area contributed by atoms with Crippen LogP contribution in [0.2, 0.25) is 5.15 Å². The fraction of sp³-hybridized carbons (Fsp3) is 0.125. The zero-order valence-corrected chi connectivity index (χ0v) is 8.84. The van der Waals surface area contributed by atoms with Crippen LogP contribution >= 0.6 is 23.4 Å². The summed E-state index contributed by atoms with van der Waals surface area (Å²) in [7, 11) is 0. The number of halogens is 1. The van der Waals surface area contributed by atoms with E-state index in [-0.39, 0.29) is 0 Å². The molecular formula is C8H6ClN3OS. The Morgan fingerprint density at radius 1 is 1.36 bits per heavy atom. The van der Waals surface area contributed by atoms with E-state index in [0.717, 1.165) is 10.6 Å². The lowest BCUT2D eigenvalue weighted by Gasteiger charge is -2.01. The van der Waals surface area contributed by atoms with Gasteiger partial charge in [-0.1, -0.05) is 11.6 Å². The van der Waals surface area contributed by atoms with Crippen LogP contribution in [0.1, 0.15) is 5.56 Å². The molecule has 2 rings (SSSR count). The lowest BCUT2D eigenvalue weighted by Crippen LogP contribution is -1.89. The third kappa shape index (κ3) is 1.88. The molecule has 0 saturated heterocycles. The molecule has 0 radical (unpaired) electrons. The molecule has 0 bridgehead atoms. The normalized spacial score (nSPS) is 10.4. The predicted octanol–water partition coefficient (Wildman–Crippen LogP) is 2.58. The molecule has 0 amide bonds. The minimum Gasteiger partial charge on any atom is -0.440 e. The van der Waals surface area contributed by atoms with E-state index in [1.807, 2.05) is 6.92 Å². The minimum atomic E-state index is 0.453. The fourth-order valence-electron chi connectivity index (χ4n) is 0.860. The number of nitrogens with zero attached hydrogens (tertiary/aromatic N) is 3. The molecule has 0 N–H and O–H groups in total. The lowest BCUT2D eigenvalue weighted by molar-refractivity contribution is 0.454. The summed E-state index contributed by atoms with van der Waals surface area (Å²) < 4.78 is 5.08. The summed E-state index contributed by atoms with van der Waals surface area (Å²) in [4.78, 5) is 11.9. The molecular weight excluding hydrogens is 222 g/mol. The largest absolute Gasteiger partial charge is 0.440 e. The molecule has 0 unspecified atom stereocenters. The number of hydrogen-bond donors (Lipinski definition) is 0. The van der Waals surface area contributed by atoms with Crippen molar-refractivity contribution in [1.82, 2.24) is 15.0 Å². The van der Waals surface area contributed by atoms with Gasteiger partial charge in [-0.05, 0) is 18.7 Å². The van der Waals surface area contributed by atoms with Gasteiger partial charge in [0.25, 0.3) is 5.22 Å². The second-order valence-corrected chi connectivity index (χ2v) is 3.79. The van der Waals surface area contributed by atoms with Crippen LogP contribution in [0.5, 0.6) is 0 Å². The van der Waals surface area contributed by atoms with Crippen LogP contribution in [0.4, 0.5) is 0 Å². The Bertz CT molecular complexity index is 432. The van der Waals surface area contributed by atoms with Crippen molar-refractivity contribution in [2.24, 2.45) is 0 Å². The highest BCUT2D eigenvalue weighted by atomic mass is 35.5. The first-order chi connectivity index (χ1) is 6.77. The van der Waals surface area contributed by atoms with Crippen LogP contribution < -0.4 is 0 Å². The first kappa shape index (κ1) is 9.48. The number of oxazole rings is 1. The molecule has 2 heterocycles. The first-order valence-electron chi connectivity index (χ1n) is 3.82. The van der Waals surface area contributed by atoms with Crippen molar-refractivity contribution in [3.05, 3.63) is 29.5 Å². The Morgan fingerprint density at radius 2 is 2.21 bits per heavy atom. The summed E-state index contributed by atoms with van der Waals surface area (Å²) in [5.74, 6) is 0. The van der Waals surface area contributed by atoms with Crippen molar-refractivity contribution >= 4 is 23.4 Å². The predicted molar refractivity (Wildman–Crippen MR) is 52.4 cm³/mol. The summed E-state index contributed by atoms with van der Waals surface area (Å²) in [6.07, 6.45) is 4.52. The number of rotatable bonds is 2. The van der Waals surface area contributed by atoms with Crippen molar-refractivity contribution in [2.75, 3.05) is 0 Å². The Morgan fingerprint density at radius 3 is 2.93 bits per heavy atom. The highest BCUT2D eigenvalue weighted by molar-refractivity contribution is 7.99. The maximum Gasteiger partial charge on any atom is 0.261 e. The Hall–Kier alpha value is -1.07. The molecule has 6 heteroatoms. The molecule has 4 nitrogen and oxygen atoms in total. The lowest BCUT2D eigenvalue weighted by atomic mass is 10.4. The maximum absolute atomic E-state index is 5.84. The third-order valence-electron chi connectivity index (χ3n) is 1.57. The summed E-state index contributed by atoms with van der Waals surface area (Å²) in [5.41, 5.74) is 0.831. The Balaban J connectivity index is 2.29. The van der Waals surface area contributed by atoms with E-state index in [0.29, 0.717) is 10.4 Å². The van der Waals surface area contributed by atoms with Gasteiger partial charge in [-0.25, -0.2) is 15.0 Å². The third-order valence-corrected chi connectivity index (χ3v) is 2.93. The van der Waals surface area contributed by atoms with Crippen LogP contribution in [-0.2, 0) is 0 Å². The van der Waals surface area contributed by atoms with Crippen molar-refractivity contribution in [1.29, 1.82) is 0 Å². The van der Waals surface area contributed by atoms with Crippen molar-refractivity contribution in [3.63, 3.8) is 0 Å². The molecule has 2 aromatic heterocycles. The van der Waals surface area contributed by atoms with Gasteiger partial charge in [0.15, 0.2) is 0 Å². The molecule has 0 atom stereocenters. The first-order valence-corrected chi connectivity index (χ1v) is 5.01. The molecule has 0 spiro atoms. The smallest absolute Gasteiger partial charge is 0.261 e. The quantitative estimate of drug-likeness (QED) is 0.738. The number of aromatic nitrogens is 3. The van der Waals surface area contributed by atoms with Crippen molar-refractivity contribution in [2.45, 2.75) is 17.2 Å². The Labute approximate surface area is 89.7 Å². The fourth-order valence-corrected chi connectivity index (χ4v) is 1.78. The summed E-state index contributed by atoms with van der Waals surface area (Å²) in [6.45, 7) is 1.85. The maximum atomic E-state index is 5.84. The van der Waals surface area contributed by atoms with E-state index in [4.69, 9.17) is 16.0 Å². The van der Waals surface area contributed by atoms with E-state index >= 15 is 0 Å². The molecule has 0 fully saturated rings. The summed E-state index contributed by atoms with van der Waals surface area (Å²) in [6, 6.07) is 0. The monoisotopic (exact) mass is 227 g/mol. The van der Waals surface area contributed by atoms with Crippen molar-refractivity contribution < 1.29 is 4.42 Å². The average molecular weight is 228 g/mol. The van der Waals surface area contributed by atoms with Gasteiger partial charge < -0.3 is 4.42 Å². The second kappa shape index (κ2) is 3.98. The molecule has 0 aromatic carbocycles. The van der Waals surface area contributed by atoms with E-state index in [9.17, 15) is 0 Å². The zero-order valence-electron chi connectivity index (χ0n) is 7.27. The second-order valence-electron chi connectivity index (χ2n) is 2.49. The SMILES string of the molecule is Cc1c(Cl)ncnc1Sc1ncco1. The molecule has 72 valence electrons. The van der Waals surface area contributed by atoms with Crippen molar-refractivity contribution in [3.8, 4) is 0 Å². The standard InChI is InChI=1S/C8H6ClN3OS/c1-5-6(9)11-4-12-7(5)14-8-10-2-3-13-8/h2-4H,1H3. The molecule has 0 aliphatic rings. The van der Waals surface area contributed by atoms with E-state index in [2.05, 4.69) is 15.0 Å². The highest BCUT2D eigenvalue weighted by Gasteiger charge is 2.08. The van der Waals surface area contributed by atoms with Gasteiger partial charge in [-0.3, -0.25) is 0 Å². The van der Waals surface area contributed by atoms with Gasteiger partial charge in [-0.15, -0.1) is 0 Å². The topological polar surface area (TPSA) is 51.8 Å². The highest BCUT2D eigenvalue weighted by Crippen LogP contribution is 2.28. The summed E-state index contributed by atoms with van der Waals surface area (Å²) in [5, 5.41) is 1.75. The molecule has 0 aliphatic carbocycles. The van der Waals surface area contributed by atoms with Gasteiger partial charge in [-0.2, -0.15) is 0 Å². The van der Waals surface area contributed by atoms with Gasteiger partial charge in [0.2, 0.25) is 0 Å². The van der Waals surface area contributed by atoms with E-state index < -0.39 is 0 Å². The van der Waals surface area contributed by atoms with Crippen LogP contribution in [0.15, 0.2) is 33.5 Å². The van der Waals surface area contributed by atoms with Gasteiger partial charge >= 0.3 is 0 Å². The van der Waals surface area contributed by atoms with Crippen LogP contribution in [0.25, 0.3) is 0 Å². The van der Waals surface area contributed by atoms with Crippen LogP contribution in [0.3, 0.4) is 0 Å².